The number of pyridine rings is 1. The van der Waals surface area contributed by atoms with E-state index >= 15 is 0 Å². The molecule has 0 aliphatic heterocycles. The van der Waals surface area contributed by atoms with Crippen molar-refractivity contribution in [1.82, 2.24) is 4.98 Å². The highest BCUT2D eigenvalue weighted by Gasteiger charge is 2.54. The lowest BCUT2D eigenvalue weighted by atomic mass is 10.0. The zero-order valence-corrected chi connectivity index (χ0v) is 14.4. The highest BCUT2D eigenvalue weighted by Crippen LogP contribution is 2.24. The van der Waals surface area contributed by atoms with Gasteiger partial charge in [0, 0.05) is 23.9 Å². The van der Waals surface area contributed by atoms with E-state index in [-0.39, 0.29) is 11.7 Å². The largest absolute Gasteiger partial charge is 0.458 e. The van der Waals surface area contributed by atoms with Crippen LogP contribution >= 0.6 is 0 Å². The molecule has 14 heteroatoms. The number of nitrogens with zero attached hydrogens (tertiary/aromatic N) is 1. The summed E-state index contributed by atoms with van der Waals surface area (Å²) in [7, 11) is 0. The molecule has 1 heterocycles. The van der Waals surface area contributed by atoms with Crippen LogP contribution in [0.1, 0.15) is 24.2 Å². The Morgan fingerprint density at radius 2 is 1.28 bits per heavy atom. The first-order chi connectivity index (χ1) is 12.8. The molecule has 0 N–H and O–H groups in total. The number of halogens is 9. The molecule has 0 aliphatic carbocycles. The SMILES string of the molecule is CC(C)C(=O)c1cccnc1.O=C(C(=O)C(F)(F)F)C(F)(F)F.O=CC(F)(F)F. The van der Waals surface area contributed by atoms with Crippen LogP contribution in [0, 0.1) is 5.92 Å². The Hall–Kier alpha value is -2.80. The highest BCUT2D eigenvalue weighted by molar-refractivity contribution is 6.41. The number of aromatic nitrogens is 1. The number of hydrogen-bond donors (Lipinski definition) is 0. The van der Waals surface area contributed by atoms with Crippen molar-refractivity contribution < 1.29 is 58.7 Å². The van der Waals surface area contributed by atoms with Crippen molar-refractivity contribution in [3.8, 4) is 0 Å². The number of aldehydes is 1. The highest BCUT2D eigenvalue weighted by atomic mass is 19.4. The first-order valence-electron chi connectivity index (χ1n) is 7.04. The van der Waals surface area contributed by atoms with Crippen molar-refractivity contribution in [2.45, 2.75) is 32.4 Å². The van der Waals surface area contributed by atoms with Gasteiger partial charge in [-0.25, -0.2) is 0 Å². The van der Waals surface area contributed by atoms with E-state index in [9.17, 15) is 53.9 Å². The fourth-order valence-corrected chi connectivity index (χ4v) is 1.10. The molecule has 0 atom stereocenters. The van der Waals surface area contributed by atoms with E-state index in [2.05, 4.69) is 4.98 Å². The molecule has 0 saturated heterocycles. The second kappa shape index (κ2) is 11.3. The molecule has 164 valence electrons. The van der Waals surface area contributed by atoms with Crippen molar-refractivity contribution in [3.05, 3.63) is 30.1 Å². The number of carbonyl (C=O) groups excluding carboxylic acids is 4. The molecule has 0 amide bonds. The third kappa shape index (κ3) is 13.1. The molecule has 1 aromatic heterocycles. The van der Waals surface area contributed by atoms with E-state index in [4.69, 9.17) is 4.79 Å². The fourth-order valence-electron chi connectivity index (χ4n) is 1.10. The quantitative estimate of drug-likeness (QED) is 0.308. The van der Waals surface area contributed by atoms with Crippen LogP contribution in [-0.4, -0.2) is 47.1 Å². The number of hydrogen-bond acceptors (Lipinski definition) is 5. The maximum atomic E-state index is 11.3. The molecule has 0 saturated carbocycles. The molecule has 0 fully saturated rings. The summed E-state index contributed by atoms with van der Waals surface area (Å²) in [6, 6.07) is 3.56. The molecule has 5 nitrogen and oxygen atoms in total. The van der Waals surface area contributed by atoms with Gasteiger partial charge in [0.25, 0.3) is 0 Å². The first kappa shape index (κ1) is 28.4. The van der Waals surface area contributed by atoms with Crippen molar-refractivity contribution >= 4 is 23.6 Å². The first-order valence-corrected chi connectivity index (χ1v) is 7.04. The summed E-state index contributed by atoms with van der Waals surface area (Å²) in [6.07, 6.45) is -14.0. The van der Waals surface area contributed by atoms with Crippen LogP contribution in [0.5, 0.6) is 0 Å². The molecular weight excluding hydrogens is 429 g/mol. The van der Waals surface area contributed by atoms with Gasteiger partial charge in [-0.15, -0.1) is 0 Å². The molecule has 29 heavy (non-hydrogen) atoms. The maximum Gasteiger partial charge on any atom is 0.458 e. The number of rotatable bonds is 3. The smallest absolute Gasteiger partial charge is 0.294 e. The predicted molar refractivity (Wildman–Crippen MR) is 77.6 cm³/mol. The van der Waals surface area contributed by atoms with Crippen LogP contribution in [-0.2, 0) is 14.4 Å². The van der Waals surface area contributed by atoms with Crippen LogP contribution in [0.2, 0.25) is 0 Å². The minimum absolute atomic E-state index is 0.0548. The van der Waals surface area contributed by atoms with E-state index in [1.807, 2.05) is 13.8 Å². The molecule has 1 aromatic rings. The van der Waals surface area contributed by atoms with Gasteiger partial charge in [-0.05, 0) is 12.1 Å². The van der Waals surface area contributed by atoms with Crippen molar-refractivity contribution in [1.29, 1.82) is 0 Å². The van der Waals surface area contributed by atoms with Crippen molar-refractivity contribution in [3.63, 3.8) is 0 Å². The second-order valence-electron chi connectivity index (χ2n) is 5.07. The van der Waals surface area contributed by atoms with Gasteiger partial charge in [0.05, 0.1) is 0 Å². The average molecular weight is 441 g/mol. The minimum atomic E-state index is -5.77. The summed E-state index contributed by atoms with van der Waals surface area (Å²) in [5.41, 5.74) is 0.697. The van der Waals surface area contributed by atoms with Gasteiger partial charge >= 0.3 is 30.1 Å². The topological polar surface area (TPSA) is 81.2 Å². The van der Waals surface area contributed by atoms with Gasteiger partial charge < -0.3 is 0 Å². The van der Waals surface area contributed by atoms with Crippen LogP contribution < -0.4 is 0 Å². The third-order valence-electron chi connectivity index (χ3n) is 2.33. The van der Waals surface area contributed by atoms with Gasteiger partial charge in [0.2, 0.25) is 6.29 Å². The molecular formula is C15H12F9NO4. The van der Waals surface area contributed by atoms with E-state index in [1.165, 1.54) is 0 Å². The van der Waals surface area contributed by atoms with Gasteiger partial charge in [0.15, 0.2) is 5.78 Å². The zero-order valence-electron chi connectivity index (χ0n) is 14.4. The van der Waals surface area contributed by atoms with Crippen LogP contribution in [0.25, 0.3) is 0 Å². The molecule has 1 rings (SSSR count). The average Bonchev–Trinajstić information content (AvgIpc) is 2.59. The molecule has 0 aromatic carbocycles. The standard InChI is InChI=1S/C9H11NO.C4F6O2.C2HF3O/c1-7(2)9(11)8-4-3-5-10-6-8;5-3(6,7)1(11)2(12)4(8,9)10;3-2(4,5)1-6/h3-7H,1-2H3;;1H. The van der Waals surface area contributed by atoms with E-state index < -0.39 is 36.4 Å². The summed E-state index contributed by atoms with van der Waals surface area (Å²) in [6.45, 7) is 3.77. The molecule has 0 bridgehead atoms. The third-order valence-corrected chi connectivity index (χ3v) is 2.33. The monoisotopic (exact) mass is 441 g/mol. The van der Waals surface area contributed by atoms with E-state index in [0.717, 1.165) is 0 Å². The Kier molecular flexibility index (Phi) is 11.0. The molecule has 0 spiro atoms. The maximum absolute atomic E-state index is 11.3. The lowest BCUT2D eigenvalue weighted by Crippen LogP contribution is -2.39. The number of alkyl halides is 9. The summed E-state index contributed by atoms with van der Waals surface area (Å²) in [5.74, 6) is -6.61. The minimum Gasteiger partial charge on any atom is -0.294 e. The zero-order chi connectivity index (χ0) is 23.6. The Morgan fingerprint density at radius 1 is 0.897 bits per heavy atom. The second-order valence-corrected chi connectivity index (χ2v) is 5.07. The molecule has 0 aliphatic rings. The van der Waals surface area contributed by atoms with Gasteiger partial charge in [-0.2, -0.15) is 39.5 Å². The summed E-state index contributed by atoms with van der Waals surface area (Å²) >= 11 is 0. The van der Waals surface area contributed by atoms with Gasteiger partial charge in [0.1, 0.15) is 0 Å². The van der Waals surface area contributed by atoms with Crippen LogP contribution in [0.15, 0.2) is 24.5 Å². The fraction of sp³-hybridized carbons (Fsp3) is 0.400. The normalized spacial score (nSPS) is 11.4. The van der Waals surface area contributed by atoms with Crippen LogP contribution in [0.4, 0.5) is 39.5 Å². The Bertz CT molecular complexity index is 668. The lowest BCUT2D eigenvalue weighted by molar-refractivity contribution is -0.193. The predicted octanol–water partition coefficient (Wildman–Crippen LogP) is 3.92. The van der Waals surface area contributed by atoms with Crippen LogP contribution in [0.3, 0.4) is 0 Å². The molecule has 0 unspecified atom stereocenters. The van der Waals surface area contributed by atoms with E-state index in [1.54, 1.807) is 24.5 Å². The van der Waals surface area contributed by atoms with Gasteiger partial charge in [-0.1, -0.05) is 13.8 Å². The van der Waals surface area contributed by atoms with Crippen molar-refractivity contribution in [2.24, 2.45) is 5.92 Å². The number of carbonyl (C=O) groups is 4. The number of Topliss-reactive ketones (excluding diaryl/α,β-unsaturated/α-hetero) is 3. The Balaban J connectivity index is 0. The Morgan fingerprint density at radius 3 is 1.48 bits per heavy atom. The Labute approximate surface area is 156 Å². The van der Waals surface area contributed by atoms with Gasteiger partial charge in [-0.3, -0.25) is 24.2 Å². The van der Waals surface area contributed by atoms with E-state index in [0.29, 0.717) is 5.56 Å². The summed E-state index contributed by atoms with van der Waals surface area (Å²) in [5, 5.41) is 0. The van der Waals surface area contributed by atoms with Crippen molar-refractivity contribution in [2.75, 3.05) is 0 Å². The molecule has 0 radical (unpaired) electrons. The summed E-state index contributed by atoms with van der Waals surface area (Å²) < 4.78 is 98.2. The number of ketones is 3. The summed E-state index contributed by atoms with van der Waals surface area (Å²) in [4.78, 5) is 43.1. The lowest BCUT2D eigenvalue weighted by Gasteiger charge is -2.05.